The topological polar surface area (TPSA) is 40.9 Å². The van der Waals surface area contributed by atoms with Crippen LogP contribution in [-0.4, -0.2) is 6.29 Å². The number of aldehydes is 1. The lowest BCUT2D eigenvalue weighted by Gasteiger charge is -2.15. The van der Waals surface area contributed by atoms with Crippen LogP contribution in [0.3, 0.4) is 0 Å². The van der Waals surface area contributed by atoms with Gasteiger partial charge < -0.3 is 4.79 Å². The number of rotatable bonds is 3. The number of alkyl halides is 3. The Morgan fingerprint density at radius 3 is 2.59 bits per heavy atom. The van der Waals surface area contributed by atoms with Crippen molar-refractivity contribution in [1.29, 1.82) is 5.26 Å². The van der Waals surface area contributed by atoms with Crippen molar-refractivity contribution in [2.24, 2.45) is 5.92 Å². The van der Waals surface area contributed by atoms with Gasteiger partial charge in [-0.2, -0.15) is 18.4 Å². The predicted molar refractivity (Wildman–Crippen MR) is 55.1 cm³/mol. The highest BCUT2D eigenvalue weighted by Crippen LogP contribution is 2.35. The second-order valence-corrected chi connectivity index (χ2v) is 3.77. The molecule has 1 aromatic carbocycles. The summed E-state index contributed by atoms with van der Waals surface area (Å²) < 4.78 is 38.4. The Labute approximate surface area is 96.7 Å². The molecule has 0 aliphatic heterocycles. The molecule has 1 aromatic rings. The van der Waals surface area contributed by atoms with Gasteiger partial charge in [-0.25, -0.2) is 0 Å². The maximum atomic E-state index is 12.8. The van der Waals surface area contributed by atoms with E-state index in [4.69, 9.17) is 5.26 Å². The number of nitrogens with zero attached hydrogens (tertiary/aromatic N) is 1. The molecule has 0 saturated carbocycles. The standard InChI is InChI=1S/C12H10F3NO/c1-8(7-17)5-9-3-2-4-10(6-16)11(9)12(13,14)15/h2-4,7-8H,5H2,1H3. The van der Waals surface area contributed by atoms with Gasteiger partial charge in [-0.15, -0.1) is 0 Å². The Morgan fingerprint density at radius 1 is 1.47 bits per heavy atom. The third-order valence-electron chi connectivity index (χ3n) is 2.33. The molecule has 0 aliphatic rings. The van der Waals surface area contributed by atoms with Crippen LogP contribution in [-0.2, 0) is 17.4 Å². The summed E-state index contributed by atoms with van der Waals surface area (Å²) in [6.45, 7) is 1.53. The zero-order chi connectivity index (χ0) is 13.1. The Balaban J connectivity index is 3.31. The molecule has 2 nitrogen and oxygen atoms in total. The van der Waals surface area contributed by atoms with Gasteiger partial charge >= 0.3 is 6.18 Å². The molecule has 1 atom stereocenters. The highest BCUT2D eigenvalue weighted by Gasteiger charge is 2.36. The fraction of sp³-hybridized carbons (Fsp3) is 0.333. The van der Waals surface area contributed by atoms with Gasteiger partial charge in [0, 0.05) is 5.92 Å². The highest BCUT2D eigenvalue weighted by atomic mass is 19.4. The molecule has 17 heavy (non-hydrogen) atoms. The largest absolute Gasteiger partial charge is 0.417 e. The third kappa shape index (κ3) is 3.06. The third-order valence-corrected chi connectivity index (χ3v) is 2.33. The van der Waals surface area contributed by atoms with E-state index < -0.39 is 23.2 Å². The van der Waals surface area contributed by atoms with Gasteiger partial charge in [-0.05, 0) is 18.1 Å². The van der Waals surface area contributed by atoms with Gasteiger partial charge in [0.25, 0.3) is 0 Å². The lowest BCUT2D eigenvalue weighted by atomic mass is 9.94. The number of carbonyl (C=O) groups is 1. The maximum Gasteiger partial charge on any atom is 0.417 e. The van der Waals surface area contributed by atoms with Crippen molar-refractivity contribution in [3.05, 3.63) is 34.9 Å². The Kier molecular flexibility index (Phi) is 3.89. The van der Waals surface area contributed by atoms with Crippen molar-refractivity contribution in [2.75, 3.05) is 0 Å². The van der Waals surface area contributed by atoms with Crippen molar-refractivity contribution < 1.29 is 18.0 Å². The molecule has 5 heteroatoms. The van der Waals surface area contributed by atoms with Gasteiger partial charge in [0.05, 0.1) is 17.2 Å². The highest BCUT2D eigenvalue weighted by molar-refractivity contribution is 5.55. The average Bonchev–Trinajstić information content (AvgIpc) is 2.26. The van der Waals surface area contributed by atoms with Crippen LogP contribution in [0.15, 0.2) is 18.2 Å². The molecule has 0 heterocycles. The molecule has 0 spiro atoms. The summed E-state index contributed by atoms with van der Waals surface area (Å²) in [4.78, 5) is 10.5. The van der Waals surface area contributed by atoms with Crippen LogP contribution in [0, 0.1) is 17.2 Å². The minimum atomic E-state index is -4.58. The van der Waals surface area contributed by atoms with Crippen molar-refractivity contribution in [1.82, 2.24) is 0 Å². The van der Waals surface area contributed by atoms with Gasteiger partial charge in [-0.3, -0.25) is 0 Å². The van der Waals surface area contributed by atoms with Crippen LogP contribution in [0.25, 0.3) is 0 Å². The predicted octanol–water partition coefficient (Wildman–Crippen LogP) is 2.95. The maximum absolute atomic E-state index is 12.8. The number of benzene rings is 1. The summed E-state index contributed by atoms with van der Waals surface area (Å²) in [7, 11) is 0. The van der Waals surface area contributed by atoms with Crippen molar-refractivity contribution >= 4 is 6.29 Å². The van der Waals surface area contributed by atoms with E-state index >= 15 is 0 Å². The monoisotopic (exact) mass is 241 g/mol. The number of nitriles is 1. The zero-order valence-electron chi connectivity index (χ0n) is 9.08. The molecule has 0 N–H and O–H groups in total. The lowest BCUT2D eigenvalue weighted by molar-refractivity contribution is -0.138. The first-order chi connectivity index (χ1) is 7.90. The summed E-state index contributed by atoms with van der Waals surface area (Å²) in [5.41, 5.74) is -1.36. The van der Waals surface area contributed by atoms with E-state index in [0.29, 0.717) is 6.29 Å². The van der Waals surface area contributed by atoms with Gasteiger partial charge in [0.15, 0.2) is 0 Å². The second kappa shape index (κ2) is 5.00. The van der Waals surface area contributed by atoms with Crippen LogP contribution >= 0.6 is 0 Å². The van der Waals surface area contributed by atoms with Crippen LogP contribution in [0.2, 0.25) is 0 Å². The quantitative estimate of drug-likeness (QED) is 0.763. The number of halogens is 3. The van der Waals surface area contributed by atoms with Gasteiger partial charge in [0.2, 0.25) is 0 Å². The van der Waals surface area contributed by atoms with Crippen LogP contribution in [0.5, 0.6) is 0 Å². The molecule has 0 aromatic heterocycles. The van der Waals surface area contributed by atoms with E-state index in [1.165, 1.54) is 25.1 Å². The number of hydrogen-bond acceptors (Lipinski definition) is 2. The van der Waals surface area contributed by atoms with Crippen LogP contribution in [0.1, 0.15) is 23.6 Å². The smallest absolute Gasteiger partial charge is 0.303 e. The molecule has 0 radical (unpaired) electrons. The first-order valence-electron chi connectivity index (χ1n) is 4.94. The number of carbonyl (C=O) groups excluding carboxylic acids is 1. The minimum absolute atomic E-state index is 0.0175. The van der Waals surface area contributed by atoms with E-state index in [1.54, 1.807) is 0 Å². The molecule has 0 amide bonds. The van der Waals surface area contributed by atoms with Crippen LogP contribution in [0.4, 0.5) is 13.2 Å². The van der Waals surface area contributed by atoms with Crippen molar-refractivity contribution in [3.8, 4) is 6.07 Å². The average molecular weight is 241 g/mol. The SMILES string of the molecule is CC(C=O)Cc1cccc(C#N)c1C(F)(F)F. The molecule has 0 fully saturated rings. The van der Waals surface area contributed by atoms with Gasteiger partial charge in [-0.1, -0.05) is 19.1 Å². The molecular formula is C12H10F3NO. The number of hydrogen-bond donors (Lipinski definition) is 0. The zero-order valence-corrected chi connectivity index (χ0v) is 9.08. The van der Waals surface area contributed by atoms with E-state index in [1.807, 2.05) is 0 Å². The first kappa shape index (κ1) is 13.2. The summed E-state index contributed by atoms with van der Waals surface area (Å²) in [6, 6.07) is 5.33. The molecule has 1 unspecified atom stereocenters. The molecule has 0 aliphatic carbocycles. The molecular weight excluding hydrogens is 231 g/mol. The Morgan fingerprint density at radius 2 is 2.12 bits per heavy atom. The first-order valence-corrected chi connectivity index (χ1v) is 4.94. The molecule has 0 bridgehead atoms. The molecule has 90 valence electrons. The fourth-order valence-corrected chi connectivity index (χ4v) is 1.59. The Hall–Kier alpha value is -1.83. The van der Waals surface area contributed by atoms with E-state index in [0.717, 1.165) is 6.07 Å². The summed E-state index contributed by atoms with van der Waals surface area (Å²) in [5, 5.41) is 8.68. The van der Waals surface area contributed by atoms with E-state index in [-0.39, 0.29) is 12.0 Å². The van der Waals surface area contributed by atoms with E-state index in [9.17, 15) is 18.0 Å². The Bertz CT molecular complexity index is 460. The molecule has 0 saturated heterocycles. The molecule has 1 rings (SSSR count). The van der Waals surface area contributed by atoms with Crippen molar-refractivity contribution in [3.63, 3.8) is 0 Å². The summed E-state index contributed by atoms with van der Waals surface area (Å²) in [6.07, 6.45) is -4.00. The minimum Gasteiger partial charge on any atom is -0.303 e. The summed E-state index contributed by atoms with van der Waals surface area (Å²) >= 11 is 0. The van der Waals surface area contributed by atoms with Crippen LogP contribution < -0.4 is 0 Å². The fourth-order valence-electron chi connectivity index (χ4n) is 1.59. The second-order valence-electron chi connectivity index (χ2n) is 3.77. The van der Waals surface area contributed by atoms with Crippen molar-refractivity contribution in [2.45, 2.75) is 19.5 Å². The lowest BCUT2D eigenvalue weighted by Crippen LogP contribution is -2.14. The van der Waals surface area contributed by atoms with Gasteiger partial charge in [0.1, 0.15) is 6.29 Å². The van der Waals surface area contributed by atoms with E-state index in [2.05, 4.69) is 0 Å². The normalized spacial score (nSPS) is 12.9. The summed E-state index contributed by atoms with van der Waals surface area (Å²) in [5.74, 6) is -0.509.